The van der Waals surface area contributed by atoms with Gasteiger partial charge in [-0.15, -0.1) is 0 Å². The molecule has 0 aliphatic heterocycles. The van der Waals surface area contributed by atoms with Gasteiger partial charge in [-0.2, -0.15) is 5.10 Å². The highest BCUT2D eigenvalue weighted by atomic mass is 35.5. The number of aromatic nitrogens is 3. The lowest BCUT2D eigenvalue weighted by Crippen LogP contribution is -2.32. The normalized spacial score (nSPS) is 15.0. The van der Waals surface area contributed by atoms with Crippen LogP contribution in [0.1, 0.15) is 12.0 Å². The molecule has 4 nitrogen and oxygen atoms in total. The number of halogens is 4. The number of aliphatic hydroxyl groups is 1. The second-order valence-electron chi connectivity index (χ2n) is 4.52. The first kappa shape index (κ1) is 16.6. The van der Waals surface area contributed by atoms with Crippen LogP contribution in [0.2, 0.25) is 10.0 Å². The number of rotatable bonds is 5. The minimum Gasteiger partial charge on any atom is -0.383 e. The summed E-state index contributed by atoms with van der Waals surface area (Å²) in [5, 5.41) is 16.1. The van der Waals surface area contributed by atoms with Crippen LogP contribution < -0.4 is 0 Å². The Morgan fingerprint density at radius 3 is 2.48 bits per heavy atom. The molecule has 21 heavy (non-hydrogen) atoms. The summed E-state index contributed by atoms with van der Waals surface area (Å²) in [6, 6.07) is 4.84. The van der Waals surface area contributed by atoms with Crippen LogP contribution in [-0.2, 0) is 12.1 Å². The molecule has 0 aliphatic carbocycles. The standard InChI is InChI=1S/C13H11Cl4N3O/c14-5-12(17)4-13(21,6-20-8-18-7-19-20)9-1-10(15)3-11(16)2-9/h1-3,5,7-8,21H,4,6H2/b12-5-. The summed E-state index contributed by atoms with van der Waals surface area (Å²) in [5.41, 5.74) is 0.359. The van der Waals surface area contributed by atoms with E-state index < -0.39 is 5.60 Å². The van der Waals surface area contributed by atoms with Gasteiger partial charge < -0.3 is 5.11 Å². The highest BCUT2D eigenvalue weighted by Gasteiger charge is 2.32. The molecule has 0 bridgehead atoms. The summed E-state index contributed by atoms with van der Waals surface area (Å²) in [7, 11) is 0. The predicted molar refractivity (Wildman–Crippen MR) is 84.8 cm³/mol. The van der Waals surface area contributed by atoms with Crippen LogP contribution in [0.25, 0.3) is 0 Å². The van der Waals surface area contributed by atoms with Crippen molar-refractivity contribution in [2.45, 2.75) is 18.6 Å². The average Bonchev–Trinajstić information content (AvgIpc) is 2.90. The van der Waals surface area contributed by atoms with Crippen molar-refractivity contribution in [1.29, 1.82) is 0 Å². The Morgan fingerprint density at radius 1 is 1.29 bits per heavy atom. The molecule has 0 amide bonds. The van der Waals surface area contributed by atoms with Crippen LogP contribution in [0.15, 0.2) is 41.4 Å². The van der Waals surface area contributed by atoms with Crippen LogP contribution in [0.3, 0.4) is 0 Å². The Kier molecular flexibility index (Phi) is 5.52. The van der Waals surface area contributed by atoms with Crippen molar-refractivity contribution in [3.63, 3.8) is 0 Å². The minimum atomic E-state index is -1.37. The molecular weight excluding hydrogens is 356 g/mol. The van der Waals surface area contributed by atoms with Gasteiger partial charge in [-0.05, 0) is 23.8 Å². The summed E-state index contributed by atoms with van der Waals surface area (Å²) >= 11 is 23.6. The van der Waals surface area contributed by atoms with Crippen LogP contribution in [-0.4, -0.2) is 19.9 Å². The fraction of sp³-hybridized carbons (Fsp3) is 0.231. The minimum absolute atomic E-state index is 0.0919. The molecule has 1 unspecified atom stereocenters. The predicted octanol–water partition coefficient (Wildman–Crippen LogP) is 4.18. The molecule has 0 spiro atoms. The first-order chi connectivity index (χ1) is 9.93. The van der Waals surface area contributed by atoms with Gasteiger partial charge in [-0.3, -0.25) is 0 Å². The third kappa shape index (κ3) is 4.34. The van der Waals surface area contributed by atoms with E-state index in [1.807, 2.05) is 0 Å². The Labute approximate surface area is 141 Å². The molecule has 1 aromatic carbocycles. The Balaban J connectivity index is 2.43. The first-order valence-electron chi connectivity index (χ1n) is 5.89. The molecule has 2 rings (SSSR count). The van der Waals surface area contributed by atoms with Crippen LogP contribution in [0.5, 0.6) is 0 Å². The van der Waals surface area contributed by atoms with Crippen molar-refractivity contribution < 1.29 is 5.11 Å². The van der Waals surface area contributed by atoms with Crippen molar-refractivity contribution in [2.24, 2.45) is 0 Å². The van der Waals surface area contributed by atoms with Gasteiger partial charge in [0.1, 0.15) is 18.3 Å². The average molecular weight is 367 g/mol. The molecule has 0 aliphatic rings. The fourth-order valence-electron chi connectivity index (χ4n) is 1.97. The number of nitrogens with zero attached hydrogens (tertiary/aromatic N) is 3. The third-order valence-corrected chi connectivity index (χ3v) is 3.92. The van der Waals surface area contributed by atoms with Crippen LogP contribution in [0.4, 0.5) is 0 Å². The van der Waals surface area contributed by atoms with E-state index in [4.69, 9.17) is 46.4 Å². The Morgan fingerprint density at radius 2 is 1.95 bits per heavy atom. The zero-order valence-electron chi connectivity index (χ0n) is 10.7. The second-order valence-corrected chi connectivity index (χ2v) is 6.09. The van der Waals surface area contributed by atoms with E-state index in [1.165, 1.54) is 22.9 Å². The van der Waals surface area contributed by atoms with Crippen molar-refractivity contribution in [2.75, 3.05) is 0 Å². The van der Waals surface area contributed by atoms with E-state index in [2.05, 4.69) is 10.1 Å². The van der Waals surface area contributed by atoms with E-state index in [0.29, 0.717) is 20.6 Å². The first-order valence-corrected chi connectivity index (χ1v) is 7.46. The largest absolute Gasteiger partial charge is 0.383 e. The molecule has 1 aromatic heterocycles. The maximum atomic E-state index is 11.0. The second kappa shape index (κ2) is 6.99. The summed E-state index contributed by atoms with van der Waals surface area (Å²) in [6.45, 7) is 0.130. The number of hydrogen-bond acceptors (Lipinski definition) is 3. The maximum absolute atomic E-state index is 11.0. The maximum Gasteiger partial charge on any atom is 0.137 e. The van der Waals surface area contributed by atoms with Gasteiger partial charge >= 0.3 is 0 Å². The molecule has 112 valence electrons. The number of benzene rings is 1. The highest BCUT2D eigenvalue weighted by molar-refractivity contribution is 6.36. The van der Waals surface area contributed by atoms with Crippen molar-refractivity contribution >= 4 is 46.4 Å². The molecule has 2 aromatic rings. The zero-order chi connectivity index (χ0) is 15.5. The fourth-order valence-corrected chi connectivity index (χ4v) is 2.80. The summed E-state index contributed by atoms with van der Waals surface area (Å²) in [6.07, 6.45) is 2.97. The summed E-state index contributed by atoms with van der Waals surface area (Å²) in [4.78, 5) is 3.85. The molecule has 1 heterocycles. The third-order valence-electron chi connectivity index (χ3n) is 2.87. The lowest BCUT2D eigenvalue weighted by atomic mass is 9.90. The zero-order valence-corrected chi connectivity index (χ0v) is 13.7. The van der Waals surface area contributed by atoms with Crippen LogP contribution in [0, 0.1) is 0 Å². The van der Waals surface area contributed by atoms with Gasteiger partial charge in [0.05, 0.1) is 6.54 Å². The van der Waals surface area contributed by atoms with Crippen molar-refractivity contribution in [1.82, 2.24) is 14.8 Å². The SMILES string of the molecule is OC(C/C(Cl)=C/Cl)(Cn1cncn1)c1cc(Cl)cc(Cl)c1. The molecule has 1 atom stereocenters. The van der Waals surface area contributed by atoms with E-state index >= 15 is 0 Å². The van der Waals surface area contributed by atoms with Gasteiger partial charge in [0, 0.05) is 27.0 Å². The smallest absolute Gasteiger partial charge is 0.137 e. The van der Waals surface area contributed by atoms with Crippen molar-refractivity contribution in [3.8, 4) is 0 Å². The van der Waals surface area contributed by atoms with E-state index in [-0.39, 0.29) is 13.0 Å². The molecule has 0 saturated carbocycles. The van der Waals surface area contributed by atoms with Crippen LogP contribution >= 0.6 is 46.4 Å². The molecule has 8 heteroatoms. The summed E-state index contributed by atoms with van der Waals surface area (Å²) < 4.78 is 1.49. The Hall–Kier alpha value is -0.780. The van der Waals surface area contributed by atoms with E-state index in [1.54, 1.807) is 18.2 Å². The monoisotopic (exact) mass is 365 g/mol. The van der Waals surface area contributed by atoms with Gasteiger partial charge in [0.25, 0.3) is 0 Å². The Bertz CT molecular complexity index is 625. The van der Waals surface area contributed by atoms with E-state index in [0.717, 1.165) is 0 Å². The highest BCUT2D eigenvalue weighted by Crippen LogP contribution is 2.35. The molecular formula is C13H11Cl4N3O. The lowest BCUT2D eigenvalue weighted by molar-refractivity contribution is 0.0168. The van der Waals surface area contributed by atoms with Gasteiger partial charge in [0.2, 0.25) is 0 Å². The molecule has 1 N–H and O–H groups in total. The topological polar surface area (TPSA) is 50.9 Å². The van der Waals surface area contributed by atoms with Gasteiger partial charge in [-0.25, -0.2) is 9.67 Å². The lowest BCUT2D eigenvalue weighted by Gasteiger charge is -2.28. The number of hydrogen-bond donors (Lipinski definition) is 1. The van der Waals surface area contributed by atoms with Gasteiger partial charge in [-0.1, -0.05) is 46.4 Å². The van der Waals surface area contributed by atoms with Crippen molar-refractivity contribution in [3.05, 3.63) is 57.0 Å². The quantitative estimate of drug-likeness (QED) is 0.863. The molecule has 0 radical (unpaired) electrons. The molecule has 0 fully saturated rings. The summed E-state index contributed by atoms with van der Waals surface area (Å²) in [5.74, 6) is 0. The van der Waals surface area contributed by atoms with Gasteiger partial charge in [0.15, 0.2) is 0 Å². The molecule has 0 saturated heterocycles. The van der Waals surface area contributed by atoms with E-state index in [9.17, 15) is 5.11 Å².